The van der Waals surface area contributed by atoms with E-state index in [9.17, 15) is 8.78 Å². The molecule has 1 nitrogen and oxygen atoms in total. The molecule has 0 fully saturated rings. The summed E-state index contributed by atoms with van der Waals surface area (Å²) in [5.41, 5.74) is 2.37. The molecule has 1 N–H and O–H groups in total. The molecule has 0 amide bonds. The lowest BCUT2D eigenvalue weighted by atomic mass is 10.1. The van der Waals surface area contributed by atoms with Crippen LogP contribution in [0.25, 0.3) is 0 Å². The molecule has 0 unspecified atom stereocenters. The van der Waals surface area contributed by atoms with Crippen LogP contribution >= 0.6 is 11.8 Å². The van der Waals surface area contributed by atoms with Crippen molar-refractivity contribution in [2.75, 3.05) is 7.05 Å². The van der Waals surface area contributed by atoms with Gasteiger partial charge in [-0.05, 0) is 49.4 Å². The predicted molar refractivity (Wildman–Crippen MR) is 74.4 cm³/mol. The summed E-state index contributed by atoms with van der Waals surface area (Å²) >= 11 is 1.30. The fraction of sp³-hybridized carbons (Fsp3) is 0.200. The van der Waals surface area contributed by atoms with Crippen LogP contribution in [0, 0.1) is 18.6 Å². The monoisotopic (exact) mass is 279 g/mol. The number of hydrogen-bond donors (Lipinski definition) is 1. The summed E-state index contributed by atoms with van der Waals surface area (Å²) in [5.74, 6) is -1.08. The number of halogens is 2. The van der Waals surface area contributed by atoms with E-state index >= 15 is 0 Å². The zero-order chi connectivity index (χ0) is 13.8. The van der Waals surface area contributed by atoms with Gasteiger partial charge in [-0.1, -0.05) is 17.8 Å². The Balaban J connectivity index is 2.21. The minimum atomic E-state index is -0.553. The molecule has 0 aliphatic rings. The predicted octanol–water partition coefficient (Wildman–Crippen LogP) is 4.14. The second-order valence-electron chi connectivity index (χ2n) is 4.30. The zero-order valence-corrected chi connectivity index (χ0v) is 11.7. The number of nitrogens with one attached hydrogen (secondary N) is 1. The van der Waals surface area contributed by atoms with E-state index in [1.807, 2.05) is 32.2 Å². The molecular formula is C15H15F2NS. The Hall–Kier alpha value is -1.39. The van der Waals surface area contributed by atoms with E-state index in [0.29, 0.717) is 4.90 Å². The van der Waals surface area contributed by atoms with Crippen molar-refractivity contribution in [2.24, 2.45) is 0 Å². The van der Waals surface area contributed by atoms with Gasteiger partial charge in [-0.15, -0.1) is 0 Å². The molecular weight excluding hydrogens is 264 g/mol. The first-order valence-corrected chi connectivity index (χ1v) is 6.79. The van der Waals surface area contributed by atoms with Crippen molar-refractivity contribution in [3.8, 4) is 0 Å². The molecule has 2 aromatic rings. The van der Waals surface area contributed by atoms with Crippen LogP contribution in [0.15, 0.2) is 46.2 Å². The lowest BCUT2D eigenvalue weighted by Crippen LogP contribution is -2.06. The Labute approximate surface area is 116 Å². The highest BCUT2D eigenvalue weighted by atomic mass is 32.2. The van der Waals surface area contributed by atoms with E-state index in [0.717, 1.165) is 23.1 Å². The lowest BCUT2D eigenvalue weighted by molar-refractivity contribution is 0.565. The minimum Gasteiger partial charge on any atom is -0.316 e. The fourth-order valence-corrected chi connectivity index (χ4v) is 2.72. The molecule has 0 heterocycles. The van der Waals surface area contributed by atoms with Crippen molar-refractivity contribution in [3.63, 3.8) is 0 Å². The molecule has 100 valence electrons. The maximum atomic E-state index is 13.6. The average Bonchev–Trinajstić information content (AvgIpc) is 2.36. The number of benzene rings is 2. The van der Waals surface area contributed by atoms with Crippen LogP contribution in [0.2, 0.25) is 0 Å². The average molecular weight is 279 g/mol. The Bertz CT molecular complexity index is 584. The Morgan fingerprint density at radius 1 is 1.11 bits per heavy atom. The van der Waals surface area contributed by atoms with Gasteiger partial charge in [0.1, 0.15) is 11.6 Å². The van der Waals surface area contributed by atoms with Gasteiger partial charge in [-0.2, -0.15) is 0 Å². The van der Waals surface area contributed by atoms with Crippen LogP contribution in [-0.4, -0.2) is 7.05 Å². The van der Waals surface area contributed by atoms with Gasteiger partial charge in [0.25, 0.3) is 0 Å². The van der Waals surface area contributed by atoms with E-state index in [-0.39, 0.29) is 0 Å². The molecule has 0 saturated carbocycles. The molecule has 0 radical (unpaired) electrons. The number of aryl methyl sites for hydroxylation is 1. The molecule has 0 aliphatic heterocycles. The van der Waals surface area contributed by atoms with Gasteiger partial charge in [0.05, 0.1) is 0 Å². The number of hydrogen-bond acceptors (Lipinski definition) is 2. The Morgan fingerprint density at radius 3 is 2.53 bits per heavy atom. The first-order chi connectivity index (χ1) is 9.10. The second kappa shape index (κ2) is 6.17. The largest absolute Gasteiger partial charge is 0.316 e. The van der Waals surface area contributed by atoms with Crippen LogP contribution in [0.3, 0.4) is 0 Å². The summed E-state index contributed by atoms with van der Waals surface area (Å²) in [4.78, 5) is 1.38. The summed E-state index contributed by atoms with van der Waals surface area (Å²) in [5, 5.41) is 3.10. The topological polar surface area (TPSA) is 12.0 Å². The molecule has 2 aromatic carbocycles. The van der Waals surface area contributed by atoms with Gasteiger partial charge in [0, 0.05) is 22.4 Å². The zero-order valence-electron chi connectivity index (χ0n) is 10.8. The molecule has 19 heavy (non-hydrogen) atoms. The third kappa shape index (κ3) is 3.55. The first kappa shape index (κ1) is 14.0. The first-order valence-electron chi connectivity index (χ1n) is 5.97. The van der Waals surface area contributed by atoms with Gasteiger partial charge in [-0.3, -0.25) is 0 Å². The third-order valence-electron chi connectivity index (χ3n) is 2.80. The van der Waals surface area contributed by atoms with E-state index < -0.39 is 11.6 Å². The van der Waals surface area contributed by atoms with Crippen LogP contribution in [-0.2, 0) is 6.54 Å². The molecule has 2 rings (SSSR count). The van der Waals surface area contributed by atoms with Crippen LogP contribution < -0.4 is 5.32 Å². The van der Waals surface area contributed by atoms with Gasteiger partial charge in [0.2, 0.25) is 0 Å². The molecule has 4 heteroatoms. The normalized spacial score (nSPS) is 10.7. The summed E-state index contributed by atoms with van der Waals surface area (Å²) in [6, 6.07) is 9.63. The quantitative estimate of drug-likeness (QED) is 0.902. The van der Waals surface area contributed by atoms with Crippen molar-refractivity contribution < 1.29 is 8.78 Å². The highest BCUT2D eigenvalue weighted by Crippen LogP contribution is 2.31. The summed E-state index contributed by atoms with van der Waals surface area (Å²) in [6.45, 7) is 2.83. The molecule has 0 aliphatic carbocycles. The van der Waals surface area contributed by atoms with Crippen molar-refractivity contribution in [1.29, 1.82) is 0 Å². The van der Waals surface area contributed by atoms with Crippen molar-refractivity contribution in [2.45, 2.75) is 23.3 Å². The molecule has 0 spiro atoms. The van der Waals surface area contributed by atoms with E-state index in [1.54, 1.807) is 0 Å². The van der Waals surface area contributed by atoms with Gasteiger partial charge >= 0.3 is 0 Å². The fourth-order valence-electron chi connectivity index (χ4n) is 1.81. The summed E-state index contributed by atoms with van der Waals surface area (Å²) in [6.07, 6.45) is 0. The van der Waals surface area contributed by atoms with Crippen molar-refractivity contribution in [3.05, 3.63) is 59.2 Å². The van der Waals surface area contributed by atoms with E-state index in [4.69, 9.17) is 0 Å². The van der Waals surface area contributed by atoms with Crippen LogP contribution in [0.1, 0.15) is 11.1 Å². The summed E-state index contributed by atoms with van der Waals surface area (Å²) in [7, 11) is 1.90. The van der Waals surface area contributed by atoms with Crippen LogP contribution in [0.5, 0.6) is 0 Å². The highest BCUT2D eigenvalue weighted by molar-refractivity contribution is 7.99. The smallest absolute Gasteiger partial charge is 0.140 e. The lowest BCUT2D eigenvalue weighted by Gasteiger charge is -2.08. The summed E-state index contributed by atoms with van der Waals surface area (Å²) < 4.78 is 26.4. The third-order valence-corrected chi connectivity index (χ3v) is 3.84. The maximum absolute atomic E-state index is 13.6. The molecule has 0 bridgehead atoms. The van der Waals surface area contributed by atoms with Gasteiger partial charge in [-0.25, -0.2) is 8.78 Å². The van der Waals surface area contributed by atoms with Gasteiger partial charge in [0.15, 0.2) is 0 Å². The molecule has 0 aromatic heterocycles. The van der Waals surface area contributed by atoms with Gasteiger partial charge < -0.3 is 5.32 Å². The van der Waals surface area contributed by atoms with E-state index in [2.05, 4.69) is 5.32 Å². The van der Waals surface area contributed by atoms with Crippen molar-refractivity contribution in [1.82, 2.24) is 5.32 Å². The minimum absolute atomic E-state index is 0.433. The maximum Gasteiger partial charge on any atom is 0.140 e. The van der Waals surface area contributed by atoms with E-state index in [1.165, 1.54) is 29.5 Å². The Kier molecular flexibility index (Phi) is 4.56. The molecule has 0 saturated heterocycles. The standard InChI is InChI=1S/C15H15F2NS/c1-10-7-13(5-3-11(10)9-18-2)19-15-6-4-12(16)8-14(15)17/h3-8,18H,9H2,1-2H3. The second-order valence-corrected chi connectivity index (χ2v) is 5.41. The van der Waals surface area contributed by atoms with Crippen LogP contribution in [0.4, 0.5) is 8.78 Å². The SMILES string of the molecule is CNCc1ccc(Sc2ccc(F)cc2F)cc1C. The highest BCUT2D eigenvalue weighted by Gasteiger charge is 2.07. The molecule has 0 atom stereocenters. The number of rotatable bonds is 4. The Morgan fingerprint density at radius 2 is 1.89 bits per heavy atom. The van der Waals surface area contributed by atoms with Crippen molar-refractivity contribution >= 4 is 11.8 Å².